The number of carbonyl (C=O) groups is 1. The summed E-state index contributed by atoms with van der Waals surface area (Å²) >= 11 is 12.0. The lowest BCUT2D eigenvalue weighted by atomic mass is 10.0. The van der Waals surface area contributed by atoms with Crippen LogP contribution in [0.5, 0.6) is 0 Å². The summed E-state index contributed by atoms with van der Waals surface area (Å²) in [4.78, 5) is 13.0. The van der Waals surface area contributed by atoms with Crippen molar-refractivity contribution in [3.63, 3.8) is 0 Å². The van der Waals surface area contributed by atoms with Crippen LogP contribution in [0.15, 0.2) is 53.4 Å². The van der Waals surface area contributed by atoms with Crippen molar-refractivity contribution < 1.29 is 13.2 Å². The smallest absolute Gasteiger partial charge is 0.243 e. The van der Waals surface area contributed by atoms with Crippen LogP contribution in [0.3, 0.4) is 0 Å². The number of nitrogens with zero attached hydrogens (tertiary/aromatic N) is 1. The molecule has 0 radical (unpaired) electrons. The number of rotatable bonds is 5. The van der Waals surface area contributed by atoms with E-state index < -0.39 is 16.1 Å². The first-order chi connectivity index (χ1) is 12.9. The highest BCUT2D eigenvalue weighted by Gasteiger charge is 2.37. The van der Waals surface area contributed by atoms with Gasteiger partial charge in [-0.1, -0.05) is 53.9 Å². The Kier molecular flexibility index (Phi) is 6.42. The Bertz CT molecular complexity index is 920. The predicted octanol–water partition coefficient (Wildman–Crippen LogP) is 3.85. The summed E-state index contributed by atoms with van der Waals surface area (Å²) in [7, 11) is -3.72. The second-order valence-corrected chi connectivity index (χ2v) is 9.13. The summed E-state index contributed by atoms with van der Waals surface area (Å²) in [6.45, 7) is 0.543. The molecule has 1 N–H and O–H groups in total. The van der Waals surface area contributed by atoms with Crippen LogP contribution in [0, 0.1) is 0 Å². The number of hydrogen-bond acceptors (Lipinski definition) is 3. The lowest BCUT2D eigenvalue weighted by molar-refractivity contribution is -0.125. The molecule has 27 heavy (non-hydrogen) atoms. The van der Waals surface area contributed by atoms with Crippen molar-refractivity contribution in [2.45, 2.75) is 36.7 Å². The number of benzene rings is 2. The van der Waals surface area contributed by atoms with E-state index in [9.17, 15) is 13.2 Å². The van der Waals surface area contributed by atoms with Gasteiger partial charge in [-0.2, -0.15) is 4.31 Å². The van der Waals surface area contributed by atoms with Crippen LogP contribution in [0.4, 0.5) is 0 Å². The van der Waals surface area contributed by atoms with E-state index in [-0.39, 0.29) is 17.3 Å². The van der Waals surface area contributed by atoms with Gasteiger partial charge in [-0.25, -0.2) is 8.42 Å². The highest BCUT2D eigenvalue weighted by Crippen LogP contribution is 2.26. The van der Waals surface area contributed by atoms with Gasteiger partial charge in [0.2, 0.25) is 15.9 Å². The lowest BCUT2D eigenvalue weighted by Crippen LogP contribution is -2.51. The third-order valence-corrected chi connectivity index (χ3v) is 7.08. The third kappa shape index (κ3) is 4.63. The molecule has 0 spiro atoms. The molecule has 1 atom stereocenters. The molecular formula is C19H20Cl2N2O3S. The number of carbonyl (C=O) groups excluding carboxylic acids is 1. The van der Waals surface area contributed by atoms with Gasteiger partial charge >= 0.3 is 0 Å². The Morgan fingerprint density at radius 1 is 1.11 bits per heavy atom. The molecule has 5 nitrogen and oxygen atoms in total. The fourth-order valence-electron chi connectivity index (χ4n) is 3.15. The fourth-order valence-corrected chi connectivity index (χ4v) is 5.30. The van der Waals surface area contributed by atoms with Crippen LogP contribution in [0.25, 0.3) is 0 Å². The summed E-state index contributed by atoms with van der Waals surface area (Å²) in [6, 6.07) is 12.5. The quantitative estimate of drug-likeness (QED) is 0.788. The lowest BCUT2D eigenvalue weighted by Gasteiger charge is -2.33. The van der Waals surface area contributed by atoms with E-state index in [2.05, 4.69) is 5.32 Å². The summed E-state index contributed by atoms with van der Waals surface area (Å²) < 4.78 is 27.3. The molecule has 0 saturated carbocycles. The van der Waals surface area contributed by atoms with Crippen LogP contribution in [-0.4, -0.2) is 31.2 Å². The maximum absolute atomic E-state index is 13.0. The molecule has 1 aliphatic rings. The molecule has 3 rings (SSSR count). The number of piperidine rings is 1. The molecule has 1 amide bonds. The van der Waals surface area contributed by atoms with Crippen LogP contribution in [-0.2, 0) is 21.4 Å². The molecule has 2 aromatic carbocycles. The topological polar surface area (TPSA) is 66.5 Å². The van der Waals surface area contributed by atoms with Crippen molar-refractivity contribution in [1.29, 1.82) is 0 Å². The first-order valence-corrected chi connectivity index (χ1v) is 10.9. The van der Waals surface area contributed by atoms with Gasteiger partial charge in [-0.3, -0.25) is 4.79 Å². The van der Waals surface area contributed by atoms with Crippen LogP contribution < -0.4 is 5.32 Å². The van der Waals surface area contributed by atoms with Crippen molar-refractivity contribution in [3.8, 4) is 0 Å². The van der Waals surface area contributed by atoms with E-state index in [1.807, 2.05) is 0 Å². The molecule has 0 bridgehead atoms. The molecule has 1 saturated heterocycles. The first kappa shape index (κ1) is 20.1. The summed E-state index contributed by atoms with van der Waals surface area (Å²) in [5, 5.41) is 3.78. The predicted molar refractivity (Wildman–Crippen MR) is 106 cm³/mol. The third-order valence-electron chi connectivity index (χ3n) is 4.57. The average molecular weight is 427 g/mol. The zero-order valence-electron chi connectivity index (χ0n) is 14.6. The van der Waals surface area contributed by atoms with Gasteiger partial charge in [0.1, 0.15) is 6.04 Å². The van der Waals surface area contributed by atoms with Gasteiger partial charge in [0.05, 0.1) is 4.90 Å². The number of hydrogen-bond donors (Lipinski definition) is 1. The van der Waals surface area contributed by atoms with Crippen molar-refractivity contribution in [2.24, 2.45) is 0 Å². The Morgan fingerprint density at radius 2 is 1.85 bits per heavy atom. The van der Waals surface area contributed by atoms with Crippen molar-refractivity contribution in [1.82, 2.24) is 9.62 Å². The van der Waals surface area contributed by atoms with E-state index in [1.54, 1.807) is 48.5 Å². The van der Waals surface area contributed by atoms with Crippen LogP contribution in [0.2, 0.25) is 10.0 Å². The molecule has 1 unspecified atom stereocenters. The molecule has 8 heteroatoms. The molecule has 0 aliphatic carbocycles. The average Bonchev–Trinajstić information content (AvgIpc) is 2.68. The van der Waals surface area contributed by atoms with E-state index in [0.717, 1.165) is 18.4 Å². The summed E-state index contributed by atoms with van der Waals surface area (Å²) in [5.74, 6) is -0.319. The fraction of sp³-hybridized carbons (Fsp3) is 0.316. The van der Waals surface area contributed by atoms with Crippen LogP contribution >= 0.6 is 23.2 Å². The van der Waals surface area contributed by atoms with Gasteiger partial charge in [-0.05, 0) is 42.7 Å². The molecule has 1 fully saturated rings. The Morgan fingerprint density at radius 3 is 2.56 bits per heavy atom. The highest BCUT2D eigenvalue weighted by atomic mass is 35.5. The molecule has 1 aliphatic heterocycles. The minimum atomic E-state index is -3.72. The second-order valence-electron chi connectivity index (χ2n) is 6.39. The van der Waals surface area contributed by atoms with Gasteiger partial charge in [0, 0.05) is 23.1 Å². The van der Waals surface area contributed by atoms with Gasteiger partial charge in [0.15, 0.2) is 0 Å². The first-order valence-electron chi connectivity index (χ1n) is 8.68. The van der Waals surface area contributed by atoms with Crippen molar-refractivity contribution in [3.05, 3.63) is 64.1 Å². The highest BCUT2D eigenvalue weighted by molar-refractivity contribution is 7.89. The van der Waals surface area contributed by atoms with Crippen molar-refractivity contribution >= 4 is 39.1 Å². The van der Waals surface area contributed by atoms with Gasteiger partial charge in [0.25, 0.3) is 0 Å². The molecule has 144 valence electrons. The number of amides is 1. The second kappa shape index (κ2) is 8.61. The normalized spacial score (nSPS) is 18.2. The molecule has 1 heterocycles. The molecular weight excluding hydrogens is 407 g/mol. The minimum Gasteiger partial charge on any atom is -0.351 e. The van der Waals surface area contributed by atoms with E-state index in [4.69, 9.17) is 23.2 Å². The molecule has 2 aromatic rings. The number of sulfonamides is 1. The van der Waals surface area contributed by atoms with Crippen LogP contribution in [0.1, 0.15) is 24.8 Å². The Labute approximate surface area is 169 Å². The van der Waals surface area contributed by atoms with E-state index >= 15 is 0 Å². The maximum Gasteiger partial charge on any atom is 0.243 e. The minimum absolute atomic E-state index is 0.199. The van der Waals surface area contributed by atoms with Gasteiger partial charge in [-0.15, -0.1) is 0 Å². The summed E-state index contributed by atoms with van der Waals surface area (Å²) in [6.07, 6.45) is 2.03. The Hall–Kier alpha value is -1.60. The van der Waals surface area contributed by atoms with Gasteiger partial charge < -0.3 is 5.32 Å². The zero-order valence-corrected chi connectivity index (χ0v) is 16.9. The zero-order chi connectivity index (χ0) is 19.4. The largest absolute Gasteiger partial charge is 0.351 e. The summed E-state index contributed by atoms with van der Waals surface area (Å²) in [5.41, 5.74) is 0.725. The standard InChI is InChI=1S/C19H20Cl2N2O3S/c20-15-10-9-14(17(21)12-15)13-22-19(24)18-8-4-5-11-23(18)27(25,26)16-6-2-1-3-7-16/h1-3,6-7,9-10,12,18H,4-5,8,11,13H2,(H,22,24). The maximum atomic E-state index is 13.0. The monoisotopic (exact) mass is 426 g/mol. The number of halogens is 2. The van der Waals surface area contributed by atoms with E-state index in [1.165, 1.54) is 4.31 Å². The Balaban J connectivity index is 1.76. The van der Waals surface area contributed by atoms with E-state index in [0.29, 0.717) is 23.0 Å². The molecule has 0 aromatic heterocycles. The SMILES string of the molecule is O=C(NCc1ccc(Cl)cc1Cl)C1CCCCN1S(=O)(=O)c1ccccc1. The van der Waals surface area contributed by atoms with Crippen molar-refractivity contribution in [2.75, 3.05) is 6.54 Å². The number of nitrogens with one attached hydrogen (secondary N) is 1.